The first kappa shape index (κ1) is 21.1. The average Bonchev–Trinajstić information content (AvgIpc) is 2.55. The van der Waals surface area contributed by atoms with Crippen LogP contribution in [-0.2, 0) is 10.0 Å². The molecule has 1 aliphatic rings. The van der Waals surface area contributed by atoms with Gasteiger partial charge in [-0.3, -0.25) is 10.1 Å². The van der Waals surface area contributed by atoms with Crippen LogP contribution in [0.25, 0.3) is 0 Å². The second-order valence-electron chi connectivity index (χ2n) is 6.42. The van der Waals surface area contributed by atoms with Gasteiger partial charge in [-0.15, -0.1) is 0 Å². The number of nitro benzene ring substituents is 1. The molecule has 0 amide bonds. The summed E-state index contributed by atoms with van der Waals surface area (Å²) in [5, 5.41) is 15.0. The highest BCUT2D eigenvalue weighted by atomic mass is 79.9. The Morgan fingerprint density at radius 1 is 1.23 bits per heavy atom. The monoisotopic (exact) mass is 448 g/mol. The van der Waals surface area contributed by atoms with Crippen molar-refractivity contribution >= 4 is 37.3 Å². The van der Waals surface area contributed by atoms with E-state index in [0.717, 1.165) is 25.9 Å². The number of nitrogens with zero attached hydrogens (tertiary/aromatic N) is 3. The summed E-state index contributed by atoms with van der Waals surface area (Å²) < 4.78 is 28.0. The first-order chi connectivity index (χ1) is 12.3. The zero-order valence-corrected chi connectivity index (χ0v) is 17.5. The van der Waals surface area contributed by atoms with Crippen molar-refractivity contribution in [3.63, 3.8) is 0 Å². The Balaban J connectivity index is 2.46. The van der Waals surface area contributed by atoms with Gasteiger partial charge in [0.05, 0.1) is 10.6 Å². The van der Waals surface area contributed by atoms with E-state index in [1.807, 2.05) is 7.05 Å². The number of sulfonamides is 1. The largest absolute Gasteiger partial charge is 0.383 e. The predicted octanol–water partition coefficient (Wildman–Crippen LogP) is 2.43. The molecule has 0 unspecified atom stereocenters. The van der Waals surface area contributed by atoms with E-state index in [1.165, 1.54) is 16.4 Å². The van der Waals surface area contributed by atoms with Crippen molar-refractivity contribution in [2.75, 3.05) is 50.4 Å². The lowest BCUT2D eigenvalue weighted by atomic mass is 10.2. The molecule has 1 saturated heterocycles. The molecule has 1 fully saturated rings. The lowest BCUT2D eigenvalue weighted by Gasteiger charge is -2.28. The summed E-state index contributed by atoms with van der Waals surface area (Å²) in [5.41, 5.74) is 0.775. The molecule has 1 aromatic carbocycles. The number of alkyl halides is 1. The molecule has 0 saturated carbocycles. The summed E-state index contributed by atoms with van der Waals surface area (Å²) in [5.74, 6) is 0. The minimum Gasteiger partial charge on any atom is -0.383 e. The van der Waals surface area contributed by atoms with Gasteiger partial charge in [-0.05, 0) is 45.5 Å². The Labute approximate surface area is 162 Å². The molecule has 1 N–H and O–H groups in total. The SMILES string of the molecule is Cc1cc([N+](=O)[O-])cc(S(=O)(=O)N2CCCN(C)CCC2)c1NCCBr. The number of hydrogen-bond donors (Lipinski definition) is 1. The van der Waals surface area contributed by atoms with Gasteiger partial charge in [-0.2, -0.15) is 4.31 Å². The summed E-state index contributed by atoms with van der Waals surface area (Å²) in [6.07, 6.45) is 1.46. The van der Waals surface area contributed by atoms with Crippen LogP contribution in [0.15, 0.2) is 17.0 Å². The van der Waals surface area contributed by atoms with E-state index in [1.54, 1.807) is 6.92 Å². The lowest BCUT2D eigenvalue weighted by molar-refractivity contribution is -0.385. The van der Waals surface area contributed by atoms with Crippen LogP contribution < -0.4 is 5.32 Å². The maximum atomic E-state index is 13.3. The summed E-state index contributed by atoms with van der Waals surface area (Å²) in [7, 11) is -1.80. The number of aryl methyl sites for hydroxylation is 1. The number of nitrogens with one attached hydrogen (secondary N) is 1. The molecule has 146 valence electrons. The van der Waals surface area contributed by atoms with Gasteiger partial charge in [-0.25, -0.2) is 8.42 Å². The van der Waals surface area contributed by atoms with Gasteiger partial charge in [-0.1, -0.05) is 15.9 Å². The highest BCUT2D eigenvalue weighted by Crippen LogP contribution is 2.33. The normalized spacial score (nSPS) is 17.5. The topological polar surface area (TPSA) is 95.8 Å². The molecule has 10 heteroatoms. The minimum absolute atomic E-state index is 0.0147. The standard InChI is InChI=1S/C16H25BrN4O4S/c1-13-11-14(21(22)23)12-15(16(13)18-6-5-17)26(24,25)20-9-3-7-19(2)8-4-10-20/h11-12,18H,3-10H2,1-2H3. The van der Waals surface area contributed by atoms with Crippen molar-refractivity contribution < 1.29 is 13.3 Å². The van der Waals surface area contributed by atoms with Crippen molar-refractivity contribution in [1.82, 2.24) is 9.21 Å². The van der Waals surface area contributed by atoms with E-state index in [4.69, 9.17) is 0 Å². The van der Waals surface area contributed by atoms with Crippen molar-refractivity contribution in [3.8, 4) is 0 Å². The molecule has 0 spiro atoms. The Bertz CT molecular complexity index is 747. The summed E-state index contributed by atoms with van der Waals surface area (Å²) in [6.45, 7) is 4.68. The number of anilines is 1. The molecule has 1 aromatic rings. The fourth-order valence-electron chi connectivity index (χ4n) is 3.08. The summed E-state index contributed by atoms with van der Waals surface area (Å²) in [4.78, 5) is 12.9. The molecule has 0 aromatic heterocycles. The maximum Gasteiger partial charge on any atom is 0.271 e. The highest BCUT2D eigenvalue weighted by Gasteiger charge is 2.30. The van der Waals surface area contributed by atoms with E-state index >= 15 is 0 Å². The number of halogens is 1. The number of non-ortho nitro benzene ring substituents is 1. The summed E-state index contributed by atoms with van der Waals surface area (Å²) in [6, 6.07) is 2.57. The van der Waals surface area contributed by atoms with Gasteiger partial charge in [0.25, 0.3) is 5.69 Å². The smallest absolute Gasteiger partial charge is 0.271 e. The molecule has 2 rings (SSSR count). The van der Waals surface area contributed by atoms with Crippen LogP contribution in [0, 0.1) is 17.0 Å². The van der Waals surface area contributed by atoms with Gasteiger partial charge < -0.3 is 10.2 Å². The third-order valence-electron chi connectivity index (χ3n) is 4.40. The fraction of sp³-hybridized carbons (Fsp3) is 0.625. The summed E-state index contributed by atoms with van der Waals surface area (Å²) >= 11 is 3.31. The average molecular weight is 449 g/mol. The van der Waals surface area contributed by atoms with Gasteiger partial charge in [0.15, 0.2) is 0 Å². The minimum atomic E-state index is -3.83. The fourth-order valence-corrected chi connectivity index (χ4v) is 5.06. The second-order valence-corrected chi connectivity index (χ2v) is 9.12. The number of rotatable bonds is 6. The number of benzene rings is 1. The third-order valence-corrected chi connectivity index (χ3v) is 6.72. The Hall–Kier alpha value is -1.23. The van der Waals surface area contributed by atoms with Crippen molar-refractivity contribution in [3.05, 3.63) is 27.8 Å². The Morgan fingerprint density at radius 2 is 1.85 bits per heavy atom. The van der Waals surface area contributed by atoms with Gasteiger partial charge in [0.2, 0.25) is 10.0 Å². The van der Waals surface area contributed by atoms with Crippen molar-refractivity contribution in [2.45, 2.75) is 24.7 Å². The van der Waals surface area contributed by atoms with Crippen LogP contribution in [0.4, 0.5) is 11.4 Å². The van der Waals surface area contributed by atoms with Crippen molar-refractivity contribution in [2.24, 2.45) is 0 Å². The third kappa shape index (κ3) is 4.93. The van der Waals surface area contributed by atoms with Crippen LogP contribution in [0.2, 0.25) is 0 Å². The van der Waals surface area contributed by atoms with Crippen LogP contribution >= 0.6 is 15.9 Å². The van der Waals surface area contributed by atoms with Gasteiger partial charge in [0, 0.05) is 37.1 Å². The zero-order chi connectivity index (χ0) is 19.3. The molecular formula is C16H25BrN4O4S. The molecule has 0 aliphatic carbocycles. The first-order valence-electron chi connectivity index (χ1n) is 8.55. The van der Waals surface area contributed by atoms with Gasteiger partial charge >= 0.3 is 0 Å². The molecule has 1 aliphatic heterocycles. The van der Waals surface area contributed by atoms with Crippen LogP contribution in [0.1, 0.15) is 18.4 Å². The molecule has 26 heavy (non-hydrogen) atoms. The highest BCUT2D eigenvalue weighted by molar-refractivity contribution is 9.09. The van der Waals surface area contributed by atoms with Crippen LogP contribution in [0.5, 0.6) is 0 Å². The van der Waals surface area contributed by atoms with Gasteiger partial charge in [0.1, 0.15) is 4.90 Å². The van der Waals surface area contributed by atoms with E-state index in [-0.39, 0.29) is 10.6 Å². The zero-order valence-electron chi connectivity index (χ0n) is 15.1. The van der Waals surface area contributed by atoms with Crippen LogP contribution in [-0.4, -0.2) is 67.6 Å². The quantitative estimate of drug-likeness (QED) is 0.407. The molecule has 8 nitrogen and oxygen atoms in total. The van der Waals surface area contributed by atoms with Crippen LogP contribution in [0.3, 0.4) is 0 Å². The van der Waals surface area contributed by atoms with E-state index in [2.05, 4.69) is 26.1 Å². The lowest BCUT2D eigenvalue weighted by Crippen LogP contribution is -2.39. The second kappa shape index (κ2) is 9.12. The molecular weight excluding hydrogens is 424 g/mol. The Kier molecular flexibility index (Phi) is 7.39. The predicted molar refractivity (Wildman–Crippen MR) is 106 cm³/mol. The molecule has 0 bridgehead atoms. The maximum absolute atomic E-state index is 13.3. The number of nitro groups is 1. The molecule has 0 radical (unpaired) electrons. The molecule has 0 atom stereocenters. The first-order valence-corrected chi connectivity index (χ1v) is 11.1. The van der Waals surface area contributed by atoms with Crippen molar-refractivity contribution in [1.29, 1.82) is 0 Å². The molecule has 1 heterocycles. The Morgan fingerprint density at radius 3 is 2.38 bits per heavy atom. The number of hydrogen-bond acceptors (Lipinski definition) is 6. The van der Waals surface area contributed by atoms with E-state index in [0.29, 0.717) is 36.2 Å². The van der Waals surface area contributed by atoms with E-state index < -0.39 is 14.9 Å². The van der Waals surface area contributed by atoms with E-state index in [9.17, 15) is 18.5 Å².